The molecule has 1 aromatic rings. The van der Waals surface area contributed by atoms with Gasteiger partial charge in [-0.05, 0) is 26.7 Å². The molecule has 1 rings (SSSR count). The Balaban J connectivity index is 2.97. The molecule has 19 heavy (non-hydrogen) atoms. The van der Waals surface area contributed by atoms with Crippen molar-refractivity contribution in [2.45, 2.75) is 47.1 Å². The van der Waals surface area contributed by atoms with Crippen molar-refractivity contribution in [2.75, 3.05) is 0 Å². The van der Waals surface area contributed by atoms with Crippen LogP contribution in [-0.2, 0) is 4.79 Å². The minimum atomic E-state index is -1.02. The average molecular weight is 267 g/mol. The van der Waals surface area contributed by atoms with Gasteiger partial charge in [0.05, 0.1) is 5.56 Å². The van der Waals surface area contributed by atoms with E-state index in [9.17, 15) is 14.7 Å². The van der Waals surface area contributed by atoms with Gasteiger partial charge in [0.25, 0.3) is 5.91 Å². The summed E-state index contributed by atoms with van der Waals surface area (Å²) in [5, 5.41) is 11.8. The fourth-order valence-corrected chi connectivity index (χ4v) is 2.02. The number of carbonyl (C=O) groups is 2. The van der Waals surface area contributed by atoms with Crippen molar-refractivity contribution in [3.05, 3.63) is 22.6 Å². The Morgan fingerprint density at radius 2 is 1.84 bits per heavy atom. The van der Waals surface area contributed by atoms with Crippen molar-refractivity contribution in [1.82, 2.24) is 5.32 Å². The zero-order valence-corrected chi connectivity index (χ0v) is 12.0. The summed E-state index contributed by atoms with van der Waals surface area (Å²) in [6.45, 7) is 8.97. The topological polar surface area (TPSA) is 79.5 Å². The fraction of sp³-hybridized carbons (Fsp3) is 0.571. The molecule has 0 fully saturated rings. The van der Waals surface area contributed by atoms with E-state index < -0.39 is 12.0 Å². The van der Waals surface area contributed by atoms with Gasteiger partial charge in [-0.1, -0.05) is 20.3 Å². The number of carboxylic acids is 1. The summed E-state index contributed by atoms with van der Waals surface area (Å²) in [6, 6.07) is -0.883. The maximum Gasteiger partial charge on any atom is 0.326 e. The number of rotatable bonds is 5. The van der Waals surface area contributed by atoms with Crippen LogP contribution in [0.3, 0.4) is 0 Å². The molecule has 1 amide bonds. The smallest absolute Gasteiger partial charge is 0.326 e. The first-order valence-electron chi connectivity index (χ1n) is 6.39. The molecule has 0 aliphatic carbocycles. The van der Waals surface area contributed by atoms with E-state index in [1.54, 1.807) is 27.7 Å². The van der Waals surface area contributed by atoms with Gasteiger partial charge in [0.1, 0.15) is 17.6 Å². The molecule has 2 N–H and O–H groups in total. The summed E-state index contributed by atoms with van der Waals surface area (Å²) >= 11 is 0. The van der Waals surface area contributed by atoms with E-state index in [4.69, 9.17) is 4.42 Å². The molecular weight excluding hydrogens is 246 g/mol. The summed E-state index contributed by atoms with van der Waals surface area (Å²) in [5.41, 5.74) is 1.19. The first kappa shape index (κ1) is 15.3. The highest BCUT2D eigenvalue weighted by Crippen LogP contribution is 2.21. The van der Waals surface area contributed by atoms with E-state index in [1.807, 2.05) is 6.92 Å². The third-order valence-electron chi connectivity index (χ3n) is 3.55. The first-order chi connectivity index (χ1) is 8.79. The summed E-state index contributed by atoms with van der Waals surface area (Å²) in [6.07, 6.45) is 0.680. The molecule has 0 radical (unpaired) electrons. The van der Waals surface area contributed by atoms with Gasteiger partial charge >= 0.3 is 5.97 Å². The van der Waals surface area contributed by atoms with Crippen LogP contribution in [0.4, 0.5) is 0 Å². The molecule has 1 aromatic heterocycles. The molecule has 0 aliphatic heterocycles. The number of nitrogens with one attached hydrogen (secondary N) is 1. The molecule has 1 heterocycles. The highest BCUT2D eigenvalue weighted by Gasteiger charge is 2.28. The monoisotopic (exact) mass is 267 g/mol. The predicted octanol–water partition coefficient (Wildman–Crippen LogP) is 2.43. The molecule has 0 aliphatic rings. The molecule has 0 bridgehead atoms. The second-order valence-corrected chi connectivity index (χ2v) is 4.89. The molecule has 5 heteroatoms. The normalized spacial score (nSPS) is 13.9. The lowest BCUT2D eigenvalue weighted by Gasteiger charge is -2.20. The summed E-state index contributed by atoms with van der Waals surface area (Å²) in [4.78, 5) is 23.4. The Morgan fingerprint density at radius 3 is 2.21 bits per heavy atom. The van der Waals surface area contributed by atoms with Crippen molar-refractivity contribution in [3.63, 3.8) is 0 Å². The van der Waals surface area contributed by atoms with Crippen molar-refractivity contribution in [3.8, 4) is 0 Å². The van der Waals surface area contributed by atoms with Gasteiger partial charge in [-0.2, -0.15) is 0 Å². The van der Waals surface area contributed by atoms with E-state index in [2.05, 4.69) is 5.32 Å². The molecule has 0 saturated heterocycles. The van der Waals surface area contributed by atoms with Gasteiger partial charge < -0.3 is 14.8 Å². The second kappa shape index (κ2) is 5.91. The summed E-state index contributed by atoms with van der Waals surface area (Å²) in [5.74, 6) is -0.341. The van der Waals surface area contributed by atoms with Crippen LogP contribution in [0.2, 0.25) is 0 Å². The number of aryl methyl sites for hydroxylation is 2. The highest BCUT2D eigenvalue weighted by molar-refractivity contribution is 5.98. The van der Waals surface area contributed by atoms with Gasteiger partial charge in [-0.3, -0.25) is 4.79 Å². The van der Waals surface area contributed by atoms with Crippen LogP contribution in [0.1, 0.15) is 47.7 Å². The highest BCUT2D eigenvalue weighted by atomic mass is 16.4. The number of hydrogen-bond acceptors (Lipinski definition) is 3. The number of amides is 1. The third-order valence-corrected chi connectivity index (χ3v) is 3.55. The number of hydrogen-bond donors (Lipinski definition) is 2. The van der Waals surface area contributed by atoms with Crippen molar-refractivity contribution >= 4 is 11.9 Å². The van der Waals surface area contributed by atoms with Crippen LogP contribution in [0.25, 0.3) is 0 Å². The van der Waals surface area contributed by atoms with Crippen LogP contribution in [0.5, 0.6) is 0 Å². The lowest BCUT2D eigenvalue weighted by molar-refractivity contribution is -0.140. The molecule has 0 spiro atoms. The molecule has 0 aromatic carbocycles. The maximum absolute atomic E-state index is 12.2. The maximum atomic E-state index is 12.2. The second-order valence-electron chi connectivity index (χ2n) is 4.89. The number of carbonyl (C=O) groups excluding carboxylic acids is 1. The minimum absolute atomic E-state index is 0.130. The van der Waals surface area contributed by atoms with Crippen molar-refractivity contribution in [2.24, 2.45) is 5.92 Å². The summed E-state index contributed by atoms with van der Waals surface area (Å²) < 4.78 is 5.39. The number of furan rings is 1. The van der Waals surface area contributed by atoms with Gasteiger partial charge in [0, 0.05) is 5.56 Å². The zero-order valence-electron chi connectivity index (χ0n) is 12.0. The Labute approximate surface area is 113 Å². The van der Waals surface area contributed by atoms with E-state index in [0.29, 0.717) is 23.5 Å². The Bertz CT molecular complexity index is 490. The molecule has 5 nitrogen and oxygen atoms in total. The van der Waals surface area contributed by atoms with Gasteiger partial charge in [-0.15, -0.1) is 0 Å². The van der Waals surface area contributed by atoms with E-state index in [1.165, 1.54) is 0 Å². The number of carboxylic acid groups (broad SMARTS) is 1. The van der Waals surface area contributed by atoms with Gasteiger partial charge in [-0.25, -0.2) is 4.79 Å². The molecule has 106 valence electrons. The van der Waals surface area contributed by atoms with Crippen LogP contribution >= 0.6 is 0 Å². The predicted molar refractivity (Wildman–Crippen MR) is 71.3 cm³/mol. The largest absolute Gasteiger partial charge is 0.480 e. The van der Waals surface area contributed by atoms with E-state index in [0.717, 1.165) is 5.56 Å². The van der Waals surface area contributed by atoms with Crippen molar-refractivity contribution < 1.29 is 19.1 Å². The van der Waals surface area contributed by atoms with Gasteiger partial charge in [0.15, 0.2) is 0 Å². The average Bonchev–Trinajstić information content (AvgIpc) is 2.58. The van der Waals surface area contributed by atoms with Crippen LogP contribution in [0, 0.1) is 26.7 Å². The molecule has 1 unspecified atom stereocenters. The fourth-order valence-electron chi connectivity index (χ4n) is 2.02. The lowest BCUT2D eigenvalue weighted by atomic mass is 9.98. The van der Waals surface area contributed by atoms with E-state index in [-0.39, 0.29) is 11.8 Å². The molecule has 0 saturated carbocycles. The Morgan fingerprint density at radius 1 is 1.26 bits per heavy atom. The van der Waals surface area contributed by atoms with Gasteiger partial charge in [0.2, 0.25) is 0 Å². The van der Waals surface area contributed by atoms with Crippen LogP contribution in [-0.4, -0.2) is 23.0 Å². The third kappa shape index (κ3) is 3.16. The standard InChI is InChI=1S/C14H21NO4/c1-6-7(2)12(14(17)18)15-13(16)11-8(3)9(4)19-10(11)5/h7,12H,6H2,1-5H3,(H,15,16)(H,17,18)/t7?,12-/m0/s1. The number of aliphatic carboxylic acids is 1. The SMILES string of the molecule is CCC(C)[C@H](NC(=O)c1c(C)oc(C)c1C)C(=O)O. The van der Waals surface area contributed by atoms with Crippen LogP contribution < -0.4 is 5.32 Å². The quantitative estimate of drug-likeness (QED) is 0.858. The molecular formula is C14H21NO4. The lowest BCUT2D eigenvalue weighted by Crippen LogP contribution is -2.45. The van der Waals surface area contributed by atoms with E-state index >= 15 is 0 Å². The summed E-state index contributed by atoms with van der Waals surface area (Å²) in [7, 11) is 0. The van der Waals surface area contributed by atoms with Crippen LogP contribution in [0.15, 0.2) is 4.42 Å². The minimum Gasteiger partial charge on any atom is -0.480 e. The first-order valence-corrected chi connectivity index (χ1v) is 6.39. The Hall–Kier alpha value is -1.78. The zero-order chi connectivity index (χ0) is 14.7. The Kier molecular flexibility index (Phi) is 4.75. The van der Waals surface area contributed by atoms with Crippen molar-refractivity contribution in [1.29, 1.82) is 0 Å². The molecule has 2 atom stereocenters.